The maximum Gasteiger partial charge on any atom is 0.237 e. The lowest BCUT2D eigenvalue weighted by atomic mass is 10.1. The highest BCUT2D eigenvalue weighted by Gasteiger charge is 2.20. The van der Waals surface area contributed by atoms with Crippen molar-refractivity contribution in [2.75, 3.05) is 33.3 Å². The number of carbonyl (C=O) groups excluding carboxylic acids is 1. The molecule has 5 nitrogen and oxygen atoms in total. The van der Waals surface area contributed by atoms with E-state index in [9.17, 15) is 4.79 Å². The number of hydrogen-bond acceptors (Lipinski definition) is 4. The maximum absolute atomic E-state index is 12.0. The van der Waals surface area contributed by atoms with Crippen LogP contribution >= 0.6 is 0 Å². The Bertz CT molecular complexity index is 438. The van der Waals surface area contributed by atoms with Crippen LogP contribution in [0.2, 0.25) is 0 Å². The van der Waals surface area contributed by atoms with Gasteiger partial charge in [0, 0.05) is 19.6 Å². The fraction of sp³-hybridized carbons (Fsp3) is 0.562. The van der Waals surface area contributed by atoms with Crippen molar-refractivity contribution < 1.29 is 9.53 Å². The predicted molar refractivity (Wildman–Crippen MR) is 83.0 cm³/mol. The van der Waals surface area contributed by atoms with Crippen molar-refractivity contribution in [3.63, 3.8) is 0 Å². The fourth-order valence-corrected chi connectivity index (χ4v) is 2.43. The summed E-state index contributed by atoms with van der Waals surface area (Å²) in [5.74, 6) is -0.0947. The summed E-state index contributed by atoms with van der Waals surface area (Å²) in [5.41, 5.74) is 7.15. The molecule has 0 bridgehead atoms. The molecule has 5 heteroatoms. The summed E-state index contributed by atoms with van der Waals surface area (Å²) in [5, 5.41) is 2.89. The molecule has 116 valence electrons. The molecule has 2 rings (SSSR count). The van der Waals surface area contributed by atoms with Gasteiger partial charge in [-0.15, -0.1) is 0 Å². The quantitative estimate of drug-likeness (QED) is 0.796. The largest absolute Gasteiger partial charge is 0.374 e. The molecule has 1 aliphatic rings. The van der Waals surface area contributed by atoms with Crippen LogP contribution in [-0.4, -0.2) is 56.2 Å². The van der Waals surface area contributed by atoms with Gasteiger partial charge in [-0.3, -0.25) is 4.79 Å². The van der Waals surface area contributed by atoms with E-state index in [-0.39, 0.29) is 12.0 Å². The molecule has 1 fully saturated rings. The number of nitrogens with two attached hydrogens (primary N) is 1. The van der Waals surface area contributed by atoms with Crippen molar-refractivity contribution in [2.45, 2.75) is 25.0 Å². The number of nitrogens with one attached hydrogen (secondary N) is 1. The third kappa shape index (κ3) is 5.46. The van der Waals surface area contributed by atoms with Gasteiger partial charge in [0.2, 0.25) is 5.91 Å². The Labute approximate surface area is 126 Å². The molecule has 0 spiro atoms. The summed E-state index contributed by atoms with van der Waals surface area (Å²) >= 11 is 0. The van der Waals surface area contributed by atoms with E-state index in [1.165, 1.54) is 5.56 Å². The van der Waals surface area contributed by atoms with Crippen LogP contribution in [0.5, 0.6) is 0 Å². The topological polar surface area (TPSA) is 67.6 Å². The summed E-state index contributed by atoms with van der Waals surface area (Å²) in [6.07, 6.45) is 1.54. The zero-order valence-corrected chi connectivity index (χ0v) is 12.6. The van der Waals surface area contributed by atoms with Crippen molar-refractivity contribution >= 4 is 5.91 Å². The predicted octanol–water partition coefficient (Wildman–Crippen LogP) is 0.393. The van der Waals surface area contributed by atoms with Crippen molar-refractivity contribution in [3.8, 4) is 0 Å². The van der Waals surface area contributed by atoms with Gasteiger partial charge >= 0.3 is 0 Å². The van der Waals surface area contributed by atoms with E-state index in [0.29, 0.717) is 13.0 Å². The van der Waals surface area contributed by atoms with Crippen molar-refractivity contribution in [1.82, 2.24) is 10.2 Å². The Balaban J connectivity index is 1.67. The Morgan fingerprint density at radius 1 is 1.48 bits per heavy atom. The van der Waals surface area contributed by atoms with Crippen molar-refractivity contribution in [3.05, 3.63) is 35.9 Å². The molecule has 1 heterocycles. The highest BCUT2D eigenvalue weighted by atomic mass is 16.5. The van der Waals surface area contributed by atoms with Crippen molar-refractivity contribution in [2.24, 2.45) is 5.73 Å². The number of benzene rings is 1. The first-order chi connectivity index (χ1) is 10.1. The fourth-order valence-electron chi connectivity index (χ4n) is 2.43. The molecule has 1 amide bonds. The van der Waals surface area contributed by atoms with Crippen LogP contribution in [0, 0.1) is 0 Å². The molecule has 1 unspecified atom stereocenters. The second kappa shape index (κ2) is 8.12. The van der Waals surface area contributed by atoms with E-state index in [0.717, 1.165) is 26.1 Å². The Hall–Kier alpha value is -1.43. The molecular formula is C16H25N3O2. The van der Waals surface area contributed by atoms with Crippen LogP contribution in [-0.2, 0) is 16.0 Å². The Kier molecular flexibility index (Phi) is 6.17. The zero-order chi connectivity index (χ0) is 15.1. The highest BCUT2D eigenvalue weighted by molar-refractivity contribution is 5.81. The van der Waals surface area contributed by atoms with E-state index in [1.807, 2.05) is 18.2 Å². The molecule has 2 atom stereocenters. The van der Waals surface area contributed by atoms with Gasteiger partial charge in [-0.05, 0) is 25.5 Å². The summed E-state index contributed by atoms with van der Waals surface area (Å²) in [6, 6.07) is 9.62. The van der Waals surface area contributed by atoms with Gasteiger partial charge < -0.3 is 20.7 Å². The van der Waals surface area contributed by atoms with Gasteiger partial charge in [-0.25, -0.2) is 0 Å². The van der Waals surface area contributed by atoms with Crippen LogP contribution in [0.4, 0.5) is 0 Å². The minimum atomic E-state index is -0.466. The lowest BCUT2D eigenvalue weighted by Crippen LogP contribution is -2.49. The van der Waals surface area contributed by atoms with Gasteiger partial charge in [-0.2, -0.15) is 0 Å². The average molecular weight is 291 g/mol. The second-order valence-electron chi connectivity index (χ2n) is 5.63. The molecule has 1 aromatic rings. The molecule has 0 aromatic heterocycles. The molecule has 1 saturated heterocycles. The van der Waals surface area contributed by atoms with Gasteiger partial charge in [0.1, 0.15) is 0 Å². The summed E-state index contributed by atoms with van der Waals surface area (Å²) in [6.45, 7) is 3.04. The number of nitrogens with zero attached hydrogens (tertiary/aromatic N) is 1. The number of hydrogen-bond donors (Lipinski definition) is 2. The van der Waals surface area contributed by atoms with E-state index < -0.39 is 6.04 Å². The van der Waals surface area contributed by atoms with Crippen LogP contribution in [0.3, 0.4) is 0 Å². The van der Waals surface area contributed by atoms with E-state index in [2.05, 4.69) is 29.4 Å². The maximum atomic E-state index is 12.0. The molecular weight excluding hydrogens is 266 g/mol. The zero-order valence-electron chi connectivity index (χ0n) is 12.6. The normalized spacial score (nSPS) is 21.0. The summed E-state index contributed by atoms with van der Waals surface area (Å²) in [4.78, 5) is 14.2. The van der Waals surface area contributed by atoms with Crippen LogP contribution in [0.15, 0.2) is 30.3 Å². The number of carbonyl (C=O) groups is 1. The van der Waals surface area contributed by atoms with Crippen LogP contribution in [0.1, 0.15) is 12.0 Å². The Morgan fingerprint density at radius 2 is 2.24 bits per heavy atom. The smallest absolute Gasteiger partial charge is 0.237 e. The second-order valence-corrected chi connectivity index (χ2v) is 5.63. The molecule has 0 aliphatic carbocycles. The minimum Gasteiger partial charge on any atom is -0.374 e. The number of amides is 1. The van der Waals surface area contributed by atoms with E-state index in [4.69, 9.17) is 10.5 Å². The Morgan fingerprint density at radius 3 is 2.95 bits per heavy atom. The van der Waals surface area contributed by atoms with Gasteiger partial charge in [0.05, 0.1) is 18.8 Å². The molecule has 1 aromatic carbocycles. The minimum absolute atomic E-state index is 0.0639. The molecule has 1 aliphatic heterocycles. The lowest BCUT2D eigenvalue weighted by molar-refractivity contribution is -0.123. The van der Waals surface area contributed by atoms with Crippen LogP contribution < -0.4 is 11.1 Å². The number of aryl methyl sites for hydroxylation is 1. The van der Waals surface area contributed by atoms with Crippen LogP contribution in [0.25, 0.3) is 0 Å². The standard InChI is InChI=1S/C16H25N3O2/c1-19-9-10-21-14(12-19)11-18-16(20)15(17)8-7-13-5-3-2-4-6-13/h2-6,14-15H,7-12,17H2,1H3,(H,18,20)/t14?,15-/m0/s1. The molecule has 3 N–H and O–H groups in total. The SMILES string of the molecule is CN1CCOC(CNC(=O)[C@@H](N)CCc2ccccc2)C1. The summed E-state index contributed by atoms with van der Waals surface area (Å²) in [7, 11) is 2.06. The monoisotopic (exact) mass is 291 g/mol. The van der Waals surface area contributed by atoms with E-state index in [1.54, 1.807) is 0 Å². The molecule has 0 saturated carbocycles. The van der Waals surface area contributed by atoms with E-state index >= 15 is 0 Å². The number of rotatable bonds is 6. The average Bonchev–Trinajstić information content (AvgIpc) is 2.51. The summed E-state index contributed by atoms with van der Waals surface area (Å²) < 4.78 is 5.61. The van der Waals surface area contributed by atoms with Crippen molar-refractivity contribution in [1.29, 1.82) is 0 Å². The molecule has 0 radical (unpaired) electrons. The highest BCUT2D eigenvalue weighted by Crippen LogP contribution is 2.05. The third-order valence-electron chi connectivity index (χ3n) is 3.77. The first kappa shape index (κ1) is 15.9. The molecule has 21 heavy (non-hydrogen) atoms. The first-order valence-corrected chi connectivity index (χ1v) is 7.52. The first-order valence-electron chi connectivity index (χ1n) is 7.52. The third-order valence-corrected chi connectivity index (χ3v) is 3.77. The lowest BCUT2D eigenvalue weighted by Gasteiger charge is -2.30. The van der Waals surface area contributed by atoms with Gasteiger partial charge in [-0.1, -0.05) is 30.3 Å². The number of likely N-dealkylation sites (N-methyl/N-ethyl adjacent to an activating group) is 1. The van der Waals surface area contributed by atoms with Gasteiger partial charge in [0.25, 0.3) is 0 Å². The van der Waals surface area contributed by atoms with Gasteiger partial charge in [0.15, 0.2) is 0 Å². The number of morpholine rings is 1. The number of ether oxygens (including phenoxy) is 1.